The fourth-order valence-electron chi connectivity index (χ4n) is 2.81. The Morgan fingerprint density at radius 2 is 2.05 bits per heavy atom. The molecule has 0 radical (unpaired) electrons. The molecular weight excluding hydrogens is 236 g/mol. The summed E-state index contributed by atoms with van der Waals surface area (Å²) >= 11 is 0. The van der Waals surface area contributed by atoms with Crippen LogP contribution in [0, 0.1) is 13.8 Å². The van der Waals surface area contributed by atoms with Crippen LogP contribution in [-0.4, -0.2) is 30.6 Å². The molecule has 2 heterocycles. The van der Waals surface area contributed by atoms with Crippen LogP contribution >= 0.6 is 0 Å². The average Bonchev–Trinajstić information content (AvgIpc) is 2.71. The van der Waals surface area contributed by atoms with Crippen molar-refractivity contribution >= 4 is 11.0 Å². The van der Waals surface area contributed by atoms with Crippen LogP contribution in [0.2, 0.25) is 0 Å². The maximum Gasteiger partial charge on any atom is 0.134 e. The number of piperazine rings is 1. The molecule has 0 unspecified atom stereocenters. The topological polar surface area (TPSA) is 28.4 Å². The quantitative estimate of drug-likeness (QED) is 0.898. The number of rotatable bonds is 2. The molecule has 0 saturated carbocycles. The van der Waals surface area contributed by atoms with Gasteiger partial charge in [0.15, 0.2) is 0 Å². The van der Waals surface area contributed by atoms with Gasteiger partial charge in [-0.15, -0.1) is 0 Å². The van der Waals surface area contributed by atoms with E-state index in [-0.39, 0.29) is 0 Å². The second-order valence-corrected chi connectivity index (χ2v) is 5.78. The largest absolute Gasteiger partial charge is 0.460 e. The monoisotopic (exact) mass is 258 g/mol. The van der Waals surface area contributed by atoms with Crippen molar-refractivity contribution in [2.24, 2.45) is 0 Å². The van der Waals surface area contributed by atoms with Gasteiger partial charge in [-0.25, -0.2) is 0 Å². The second-order valence-electron chi connectivity index (χ2n) is 5.78. The maximum atomic E-state index is 5.98. The molecule has 0 spiro atoms. The summed E-state index contributed by atoms with van der Waals surface area (Å²) in [5.41, 5.74) is 3.64. The molecule has 19 heavy (non-hydrogen) atoms. The Morgan fingerprint density at radius 1 is 1.26 bits per heavy atom. The minimum absolute atomic E-state index is 0.572. The number of nitrogens with one attached hydrogen (secondary N) is 1. The maximum absolute atomic E-state index is 5.98. The first-order chi connectivity index (χ1) is 9.11. The normalized spacial score (nSPS) is 21.1. The Hall–Kier alpha value is -1.32. The van der Waals surface area contributed by atoms with E-state index in [2.05, 4.69) is 49.2 Å². The zero-order valence-electron chi connectivity index (χ0n) is 12.0. The Morgan fingerprint density at radius 3 is 2.84 bits per heavy atom. The van der Waals surface area contributed by atoms with Gasteiger partial charge in [-0.3, -0.25) is 4.90 Å². The van der Waals surface area contributed by atoms with Crippen LogP contribution in [0.3, 0.4) is 0 Å². The number of furan rings is 1. The summed E-state index contributed by atoms with van der Waals surface area (Å²) in [6.07, 6.45) is 0. The molecule has 3 heteroatoms. The van der Waals surface area contributed by atoms with E-state index >= 15 is 0 Å². The van der Waals surface area contributed by atoms with Crippen LogP contribution in [0.25, 0.3) is 11.0 Å². The molecular formula is C16H22N2O. The lowest BCUT2D eigenvalue weighted by molar-refractivity contribution is 0.188. The van der Waals surface area contributed by atoms with E-state index in [0.717, 1.165) is 37.5 Å². The minimum atomic E-state index is 0.572. The van der Waals surface area contributed by atoms with Crippen LogP contribution < -0.4 is 5.32 Å². The molecule has 1 atom stereocenters. The van der Waals surface area contributed by atoms with Crippen molar-refractivity contribution < 1.29 is 4.42 Å². The smallest absolute Gasteiger partial charge is 0.134 e. The first kappa shape index (κ1) is 12.7. The number of fused-ring (bicyclic) bond motifs is 1. The van der Waals surface area contributed by atoms with E-state index in [9.17, 15) is 0 Å². The lowest BCUT2D eigenvalue weighted by atomic mass is 10.1. The highest BCUT2D eigenvalue weighted by molar-refractivity contribution is 5.79. The second kappa shape index (κ2) is 4.99. The Labute approximate surface area is 114 Å². The van der Waals surface area contributed by atoms with Crippen molar-refractivity contribution in [1.29, 1.82) is 0 Å². The number of hydrogen-bond acceptors (Lipinski definition) is 3. The molecule has 102 valence electrons. The lowest BCUT2D eigenvalue weighted by Gasteiger charge is -2.30. The number of hydrogen-bond donors (Lipinski definition) is 1. The van der Waals surface area contributed by atoms with Crippen LogP contribution in [0.4, 0.5) is 0 Å². The first-order valence-electron chi connectivity index (χ1n) is 7.07. The molecule has 3 nitrogen and oxygen atoms in total. The van der Waals surface area contributed by atoms with E-state index in [1.807, 2.05) is 0 Å². The van der Waals surface area contributed by atoms with Crippen molar-refractivity contribution in [3.63, 3.8) is 0 Å². The molecule has 1 aliphatic heterocycles. The highest BCUT2D eigenvalue weighted by atomic mass is 16.3. The number of aryl methyl sites for hydroxylation is 2. The van der Waals surface area contributed by atoms with Gasteiger partial charge >= 0.3 is 0 Å². The summed E-state index contributed by atoms with van der Waals surface area (Å²) in [4.78, 5) is 2.46. The summed E-state index contributed by atoms with van der Waals surface area (Å²) in [6.45, 7) is 10.7. The highest BCUT2D eigenvalue weighted by Gasteiger charge is 2.17. The fraction of sp³-hybridized carbons (Fsp3) is 0.500. The van der Waals surface area contributed by atoms with E-state index in [0.29, 0.717) is 6.04 Å². The molecule has 0 bridgehead atoms. The van der Waals surface area contributed by atoms with Gasteiger partial charge < -0.3 is 9.73 Å². The van der Waals surface area contributed by atoms with Gasteiger partial charge in [-0.05, 0) is 50.1 Å². The summed E-state index contributed by atoms with van der Waals surface area (Å²) in [6, 6.07) is 7.13. The molecule has 1 fully saturated rings. The third kappa shape index (κ3) is 2.67. The van der Waals surface area contributed by atoms with Gasteiger partial charge in [0.05, 0.1) is 6.54 Å². The van der Waals surface area contributed by atoms with E-state index in [1.165, 1.54) is 16.5 Å². The van der Waals surface area contributed by atoms with Crippen molar-refractivity contribution in [1.82, 2.24) is 10.2 Å². The van der Waals surface area contributed by atoms with Crippen molar-refractivity contribution in [3.05, 3.63) is 35.1 Å². The lowest BCUT2D eigenvalue weighted by Crippen LogP contribution is -2.48. The predicted molar refractivity (Wildman–Crippen MR) is 78.4 cm³/mol. The summed E-state index contributed by atoms with van der Waals surface area (Å²) in [5.74, 6) is 1.08. The van der Waals surface area contributed by atoms with Crippen molar-refractivity contribution in [3.8, 4) is 0 Å². The van der Waals surface area contributed by atoms with E-state index in [1.54, 1.807) is 0 Å². The average molecular weight is 258 g/mol. The summed E-state index contributed by atoms with van der Waals surface area (Å²) in [7, 11) is 0. The Bertz CT molecular complexity index is 549. The minimum Gasteiger partial charge on any atom is -0.460 e. The SMILES string of the molecule is Cc1cc2cc(CN3CCN[C@@H](C)C3)oc2cc1C. The zero-order chi connectivity index (χ0) is 13.4. The molecule has 0 aliphatic carbocycles. The van der Waals surface area contributed by atoms with Gasteiger partial charge in [0.25, 0.3) is 0 Å². The first-order valence-corrected chi connectivity index (χ1v) is 7.07. The molecule has 1 aromatic carbocycles. The van der Waals surface area contributed by atoms with Gasteiger partial charge in [0.2, 0.25) is 0 Å². The third-order valence-corrected chi connectivity index (χ3v) is 4.02. The zero-order valence-corrected chi connectivity index (χ0v) is 12.0. The van der Waals surface area contributed by atoms with Gasteiger partial charge in [0, 0.05) is 31.1 Å². The van der Waals surface area contributed by atoms with Crippen molar-refractivity contribution in [2.45, 2.75) is 33.4 Å². The van der Waals surface area contributed by atoms with Gasteiger partial charge in [-0.2, -0.15) is 0 Å². The van der Waals surface area contributed by atoms with E-state index < -0.39 is 0 Å². The molecule has 2 aromatic rings. The van der Waals surface area contributed by atoms with Crippen LogP contribution in [0.1, 0.15) is 23.8 Å². The predicted octanol–water partition coefficient (Wildman–Crippen LogP) is 2.84. The van der Waals surface area contributed by atoms with Crippen molar-refractivity contribution in [2.75, 3.05) is 19.6 Å². The molecule has 1 aliphatic rings. The molecule has 0 amide bonds. The third-order valence-electron chi connectivity index (χ3n) is 4.02. The molecule has 1 aromatic heterocycles. The Kier molecular flexibility index (Phi) is 3.33. The van der Waals surface area contributed by atoms with Crippen LogP contribution in [0.15, 0.2) is 22.6 Å². The Balaban J connectivity index is 1.81. The summed E-state index contributed by atoms with van der Waals surface area (Å²) < 4.78 is 5.98. The van der Waals surface area contributed by atoms with Gasteiger partial charge in [0.1, 0.15) is 11.3 Å². The van der Waals surface area contributed by atoms with E-state index in [4.69, 9.17) is 4.42 Å². The highest BCUT2D eigenvalue weighted by Crippen LogP contribution is 2.24. The summed E-state index contributed by atoms with van der Waals surface area (Å²) in [5, 5.41) is 4.69. The van der Waals surface area contributed by atoms with Crippen LogP contribution in [0.5, 0.6) is 0 Å². The molecule has 1 N–H and O–H groups in total. The standard InChI is InChI=1S/C16H22N2O/c1-11-6-14-8-15(19-16(14)7-12(11)2)10-18-5-4-17-13(3)9-18/h6-8,13,17H,4-5,9-10H2,1-3H3/t13-/m0/s1. The fourth-order valence-corrected chi connectivity index (χ4v) is 2.81. The van der Waals surface area contributed by atoms with Crippen LogP contribution in [-0.2, 0) is 6.54 Å². The molecule has 3 rings (SSSR count). The van der Waals surface area contributed by atoms with Gasteiger partial charge in [-0.1, -0.05) is 0 Å². The number of nitrogens with zero attached hydrogens (tertiary/aromatic N) is 1. The molecule has 1 saturated heterocycles. The number of benzene rings is 1.